The molecule has 1 rings (SSSR count). The molecule has 0 amide bonds. The van der Waals surface area contributed by atoms with Crippen molar-refractivity contribution in [2.24, 2.45) is 0 Å². The van der Waals surface area contributed by atoms with Gasteiger partial charge in [0.25, 0.3) is 0 Å². The van der Waals surface area contributed by atoms with Crippen LogP contribution in [0, 0.1) is 13.8 Å². The summed E-state index contributed by atoms with van der Waals surface area (Å²) in [5.74, 6) is -0.403. The van der Waals surface area contributed by atoms with Crippen molar-refractivity contribution in [3.8, 4) is 0 Å². The van der Waals surface area contributed by atoms with E-state index in [9.17, 15) is 4.79 Å². The predicted molar refractivity (Wildman–Crippen MR) is 69.3 cm³/mol. The zero-order valence-electron chi connectivity index (χ0n) is 10.4. The minimum absolute atomic E-state index is 0.403. The van der Waals surface area contributed by atoms with Crippen LogP contribution < -0.4 is 5.32 Å². The van der Waals surface area contributed by atoms with E-state index in [0.717, 1.165) is 0 Å². The summed E-state index contributed by atoms with van der Waals surface area (Å²) in [6.45, 7) is 5.23. The molecule has 3 nitrogen and oxygen atoms in total. The fraction of sp³-hybridized carbons (Fsp3) is 0.462. The molecule has 0 saturated carbocycles. The van der Waals surface area contributed by atoms with Crippen LogP contribution in [0.3, 0.4) is 0 Å². The van der Waals surface area contributed by atoms with Crippen molar-refractivity contribution < 1.29 is 9.53 Å². The highest BCUT2D eigenvalue weighted by molar-refractivity contribution is 6.30. The van der Waals surface area contributed by atoms with Crippen LogP contribution in [0.4, 0.5) is 0 Å². The number of benzene rings is 1. The number of aryl methyl sites for hydroxylation is 2. The number of esters is 1. The highest BCUT2D eigenvalue weighted by Crippen LogP contribution is 2.08. The van der Waals surface area contributed by atoms with Gasteiger partial charge in [0.05, 0.1) is 7.11 Å². The van der Waals surface area contributed by atoms with E-state index in [0.29, 0.717) is 13.1 Å². The second-order valence-electron chi connectivity index (χ2n) is 4.12. The third-order valence-corrected chi connectivity index (χ3v) is 2.72. The quantitative estimate of drug-likeness (QED) is 0.647. The van der Waals surface area contributed by atoms with Gasteiger partial charge in [-0.3, -0.25) is 4.79 Å². The summed E-state index contributed by atoms with van der Waals surface area (Å²) in [7, 11) is 1.33. The number of carbonyl (C=O) groups excluding carboxylic acids is 1. The predicted octanol–water partition coefficient (Wildman–Crippen LogP) is 2.17. The van der Waals surface area contributed by atoms with Crippen LogP contribution >= 0.6 is 11.6 Å². The molecule has 0 bridgehead atoms. The molecular formula is C13H18ClNO2. The molecule has 1 N–H and O–H groups in total. The molecule has 1 atom stereocenters. The van der Waals surface area contributed by atoms with E-state index in [4.69, 9.17) is 11.6 Å². The molecule has 1 aromatic carbocycles. The molecule has 0 aliphatic heterocycles. The molecule has 17 heavy (non-hydrogen) atoms. The van der Waals surface area contributed by atoms with E-state index in [1.807, 2.05) is 0 Å². The molecule has 94 valence electrons. The van der Waals surface area contributed by atoms with E-state index < -0.39 is 11.3 Å². The fourth-order valence-corrected chi connectivity index (χ4v) is 1.92. The van der Waals surface area contributed by atoms with Gasteiger partial charge >= 0.3 is 5.97 Å². The van der Waals surface area contributed by atoms with Crippen molar-refractivity contribution in [2.45, 2.75) is 25.8 Å². The minimum Gasteiger partial charge on any atom is -0.468 e. The first kappa shape index (κ1) is 14.0. The molecule has 0 fully saturated rings. The van der Waals surface area contributed by atoms with Crippen LogP contribution in [-0.2, 0) is 16.1 Å². The third kappa shape index (κ3) is 4.75. The lowest BCUT2D eigenvalue weighted by Crippen LogP contribution is -2.29. The summed E-state index contributed by atoms with van der Waals surface area (Å²) >= 11 is 5.82. The Bertz CT molecular complexity index is 373. The number of rotatable bonds is 5. The molecular weight excluding hydrogens is 238 g/mol. The van der Waals surface area contributed by atoms with Gasteiger partial charge in [0.1, 0.15) is 5.38 Å². The number of methoxy groups -OCH3 is 1. The van der Waals surface area contributed by atoms with Gasteiger partial charge in [-0.1, -0.05) is 29.3 Å². The Kier molecular flexibility index (Phi) is 5.45. The molecule has 0 heterocycles. The summed E-state index contributed by atoms with van der Waals surface area (Å²) in [6.07, 6.45) is 0. The number of hydrogen-bond donors (Lipinski definition) is 1. The monoisotopic (exact) mass is 255 g/mol. The standard InChI is InChI=1S/C13H18ClNO2/c1-9-4-10(2)6-11(5-9)7-15-8-12(14)13(16)17-3/h4-6,12,15H,7-8H2,1-3H3. The molecule has 1 unspecified atom stereocenters. The summed E-state index contributed by atoms with van der Waals surface area (Å²) in [6, 6.07) is 6.35. The Hall–Kier alpha value is -1.06. The van der Waals surface area contributed by atoms with E-state index in [-0.39, 0.29) is 0 Å². The maximum atomic E-state index is 11.1. The van der Waals surface area contributed by atoms with E-state index in [1.54, 1.807) is 0 Å². The van der Waals surface area contributed by atoms with Gasteiger partial charge in [0, 0.05) is 13.1 Å². The van der Waals surface area contributed by atoms with E-state index >= 15 is 0 Å². The molecule has 0 saturated heterocycles. The SMILES string of the molecule is COC(=O)C(Cl)CNCc1cc(C)cc(C)c1. The molecule has 0 spiro atoms. The van der Waals surface area contributed by atoms with Crippen molar-refractivity contribution in [3.63, 3.8) is 0 Å². The fourth-order valence-electron chi connectivity index (χ4n) is 1.73. The minimum atomic E-state index is -0.633. The summed E-state index contributed by atoms with van der Waals surface area (Å²) in [5.41, 5.74) is 3.66. The van der Waals surface area contributed by atoms with E-state index in [2.05, 4.69) is 42.1 Å². The lowest BCUT2D eigenvalue weighted by Gasteiger charge is -2.10. The van der Waals surface area contributed by atoms with Gasteiger partial charge in [-0.25, -0.2) is 0 Å². The Morgan fingerprint density at radius 1 is 1.35 bits per heavy atom. The van der Waals surface area contributed by atoms with Crippen molar-refractivity contribution in [1.82, 2.24) is 5.32 Å². The van der Waals surface area contributed by atoms with Gasteiger partial charge in [-0.05, 0) is 19.4 Å². The Morgan fingerprint density at radius 2 is 1.94 bits per heavy atom. The number of hydrogen-bond acceptors (Lipinski definition) is 3. The topological polar surface area (TPSA) is 38.3 Å². The zero-order chi connectivity index (χ0) is 12.8. The summed E-state index contributed by atoms with van der Waals surface area (Å²) < 4.78 is 4.54. The number of halogens is 1. The first-order valence-electron chi connectivity index (χ1n) is 5.52. The lowest BCUT2D eigenvalue weighted by atomic mass is 10.1. The largest absolute Gasteiger partial charge is 0.468 e. The first-order valence-corrected chi connectivity index (χ1v) is 5.96. The van der Waals surface area contributed by atoms with Crippen LogP contribution in [0.2, 0.25) is 0 Å². The van der Waals surface area contributed by atoms with E-state index in [1.165, 1.54) is 23.8 Å². The Labute approximate surface area is 107 Å². The molecule has 0 aliphatic carbocycles. The van der Waals surface area contributed by atoms with Crippen LogP contribution in [0.25, 0.3) is 0 Å². The number of ether oxygens (including phenoxy) is 1. The summed E-state index contributed by atoms with van der Waals surface area (Å²) in [4.78, 5) is 11.1. The zero-order valence-corrected chi connectivity index (χ0v) is 11.2. The van der Waals surface area contributed by atoms with Crippen molar-refractivity contribution >= 4 is 17.6 Å². The van der Waals surface area contributed by atoms with Gasteiger partial charge in [-0.2, -0.15) is 0 Å². The second kappa shape index (κ2) is 6.62. The van der Waals surface area contributed by atoms with Gasteiger partial charge < -0.3 is 10.1 Å². The maximum Gasteiger partial charge on any atom is 0.325 e. The molecule has 4 heteroatoms. The Morgan fingerprint density at radius 3 is 2.47 bits per heavy atom. The molecule has 0 aliphatic rings. The van der Waals surface area contributed by atoms with Crippen LogP contribution in [0.5, 0.6) is 0 Å². The molecule has 0 radical (unpaired) electrons. The average molecular weight is 256 g/mol. The van der Waals surface area contributed by atoms with Gasteiger partial charge in [0.2, 0.25) is 0 Å². The number of carbonyl (C=O) groups is 1. The number of nitrogens with one attached hydrogen (secondary N) is 1. The van der Waals surface area contributed by atoms with Gasteiger partial charge in [-0.15, -0.1) is 11.6 Å². The normalized spacial score (nSPS) is 12.2. The first-order chi connectivity index (χ1) is 8.02. The number of alkyl halides is 1. The lowest BCUT2D eigenvalue weighted by molar-refractivity contribution is -0.140. The van der Waals surface area contributed by atoms with Crippen LogP contribution in [0.15, 0.2) is 18.2 Å². The smallest absolute Gasteiger partial charge is 0.325 e. The van der Waals surface area contributed by atoms with Crippen molar-refractivity contribution in [1.29, 1.82) is 0 Å². The second-order valence-corrected chi connectivity index (χ2v) is 4.64. The molecule has 1 aromatic rings. The van der Waals surface area contributed by atoms with Crippen LogP contribution in [0.1, 0.15) is 16.7 Å². The van der Waals surface area contributed by atoms with Crippen molar-refractivity contribution in [3.05, 3.63) is 34.9 Å². The van der Waals surface area contributed by atoms with Gasteiger partial charge in [0.15, 0.2) is 0 Å². The Balaban J connectivity index is 2.43. The highest BCUT2D eigenvalue weighted by Gasteiger charge is 2.14. The summed E-state index contributed by atoms with van der Waals surface area (Å²) in [5, 5.41) is 2.50. The average Bonchev–Trinajstić information content (AvgIpc) is 2.26. The highest BCUT2D eigenvalue weighted by atomic mass is 35.5. The van der Waals surface area contributed by atoms with Crippen LogP contribution in [-0.4, -0.2) is 25.0 Å². The van der Waals surface area contributed by atoms with Crippen molar-refractivity contribution in [2.75, 3.05) is 13.7 Å². The maximum absolute atomic E-state index is 11.1. The molecule has 0 aromatic heterocycles. The third-order valence-electron chi connectivity index (χ3n) is 2.39.